The highest BCUT2D eigenvalue weighted by Gasteiger charge is 2.30. The predicted octanol–water partition coefficient (Wildman–Crippen LogP) is 2.84. The molecule has 1 aliphatic rings. The Morgan fingerprint density at radius 1 is 1.15 bits per heavy atom. The van der Waals surface area contributed by atoms with Crippen LogP contribution in [0.25, 0.3) is 0 Å². The number of benzene rings is 1. The number of anilines is 1. The van der Waals surface area contributed by atoms with Crippen molar-refractivity contribution in [3.63, 3.8) is 0 Å². The quantitative estimate of drug-likeness (QED) is 0.619. The number of Topliss-reactive ketones (excluding diaryl/α,β-unsaturated/α-hetero) is 1. The number of ketones is 1. The average molecular weight is 364 g/mol. The molecule has 0 bridgehead atoms. The van der Waals surface area contributed by atoms with E-state index in [-0.39, 0.29) is 29.4 Å². The molecule has 0 unspecified atom stereocenters. The molecule has 4 rings (SSSR count). The number of rotatable bonds is 3. The number of carbonyl (C=O) groups is 2. The number of aromatic amines is 1. The fourth-order valence-corrected chi connectivity index (χ4v) is 3.27. The van der Waals surface area contributed by atoms with E-state index < -0.39 is 11.5 Å². The highest BCUT2D eigenvalue weighted by molar-refractivity contribution is 6.06. The van der Waals surface area contributed by atoms with E-state index in [0.717, 1.165) is 0 Å². The molecule has 0 saturated heterocycles. The number of aromatic nitrogens is 1. The molecule has 2 aromatic heterocycles. The van der Waals surface area contributed by atoms with Crippen LogP contribution in [0.4, 0.5) is 5.69 Å². The summed E-state index contributed by atoms with van der Waals surface area (Å²) in [6, 6.07) is 10.8. The van der Waals surface area contributed by atoms with Crippen LogP contribution in [0, 0.1) is 0 Å². The number of phenols is 1. The van der Waals surface area contributed by atoms with Gasteiger partial charge in [0.25, 0.3) is 11.5 Å². The number of furan rings is 1. The highest BCUT2D eigenvalue weighted by Crippen LogP contribution is 2.31. The van der Waals surface area contributed by atoms with E-state index in [1.165, 1.54) is 30.3 Å². The van der Waals surface area contributed by atoms with Crippen LogP contribution in [-0.2, 0) is 6.42 Å². The summed E-state index contributed by atoms with van der Waals surface area (Å²) in [7, 11) is 0. The largest absolute Gasteiger partial charge is 0.508 e. The van der Waals surface area contributed by atoms with Gasteiger partial charge in [-0.05, 0) is 48.9 Å². The fourth-order valence-electron chi connectivity index (χ4n) is 3.27. The van der Waals surface area contributed by atoms with Gasteiger partial charge in [-0.2, -0.15) is 0 Å². The Balaban J connectivity index is 1.62. The lowest BCUT2D eigenvalue weighted by Crippen LogP contribution is -2.29. The summed E-state index contributed by atoms with van der Waals surface area (Å²) >= 11 is 0. The van der Waals surface area contributed by atoms with E-state index in [4.69, 9.17) is 4.42 Å². The number of pyridine rings is 1. The van der Waals surface area contributed by atoms with Crippen LogP contribution < -0.4 is 10.9 Å². The molecule has 7 nitrogen and oxygen atoms in total. The second-order valence-electron chi connectivity index (χ2n) is 6.45. The molecule has 7 heteroatoms. The Kier molecular flexibility index (Phi) is 4.12. The summed E-state index contributed by atoms with van der Waals surface area (Å²) in [6.45, 7) is 0. The summed E-state index contributed by atoms with van der Waals surface area (Å²) in [4.78, 5) is 40.1. The van der Waals surface area contributed by atoms with Crippen molar-refractivity contribution in [2.75, 3.05) is 5.32 Å². The van der Waals surface area contributed by atoms with Crippen LogP contribution >= 0.6 is 0 Å². The molecular weight excluding hydrogens is 348 g/mol. The van der Waals surface area contributed by atoms with Crippen LogP contribution in [0.15, 0.2) is 57.9 Å². The third-order valence-corrected chi connectivity index (χ3v) is 4.62. The van der Waals surface area contributed by atoms with E-state index in [2.05, 4.69) is 10.3 Å². The summed E-state index contributed by atoms with van der Waals surface area (Å²) in [5.74, 6) is -0.133. The monoisotopic (exact) mass is 364 g/mol. The van der Waals surface area contributed by atoms with Crippen LogP contribution in [0.3, 0.4) is 0 Å². The molecule has 3 N–H and O–H groups in total. The maximum atomic E-state index is 12.5. The smallest absolute Gasteiger partial charge is 0.261 e. The van der Waals surface area contributed by atoms with Crippen molar-refractivity contribution >= 4 is 17.4 Å². The minimum atomic E-state index is -0.620. The number of amides is 1. The van der Waals surface area contributed by atoms with E-state index in [0.29, 0.717) is 29.1 Å². The van der Waals surface area contributed by atoms with Crippen molar-refractivity contribution in [3.05, 3.63) is 81.7 Å². The average Bonchev–Trinajstić information content (AvgIpc) is 3.17. The third kappa shape index (κ3) is 3.27. The predicted molar refractivity (Wildman–Crippen MR) is 97.2 cm³/mol. The second kappa shape index (κ2) is 6.60. The molecule has 0 radical (unpaired) electrons. The molecule has 27 heavy (non-hydrogen) atoms. The first-order valence-corrected chi connectivity index (χ1v) is 8.44. The first-order valence-electron chi connectivity index (χ1n) is 8.44. The lowest BCUT2D eigenvalue weighted by atomic mass is 9.84. The number of nitrogens with one attached hydrogen (secondary N) is 2. The first kappa shape index (κ1) is 16.8. The molecular formula is C20H16N2O5. The normalized spacial score (nSPS) is 16.0. The molecule has 1 aliphatic carbocycles. The van der Waals surface area contributed by atoms with Crippen molar-refractivity contribution < 1.29 is 19.1 Å². The second-order valence-corrected chi connectivity index (χ2v) is 6.45. The fraction of sp³-hybridized carbons (Fsp3) is 0.150. The first-order chi connectivity index (χ1) is 13.0. The number of hydrogen-bond donors (Lipinski definition) is 3. The topological polar surface area (TPSA) is 112 Å². The number of aromatic hydroxyl groups is 1. The molecule has 2 heterocycles. The SMILES string of the molecule is O=C1C[C@H](c2ccco2)Cc2[nH]c(=O)c(C(=O)Nc3ccc(O)cc3)cc21. The van der Waals surface area contributed by atoms with Crippen molar-refractivity contribution in [1.29, 1.82) is 0 Å². The van der Waals surface area contributed by atoms with Crippen LogP contribution in [-0.4, -0.2) is 21.8 Å². The van der Waals surface area contributed by atoms with E-state index in [1.54, 1.807) is 18.4 Å². The van der Waals surface area contributed by atoms with Gasteiger partial charge >= 0.3 is 0 Å². The van der Waals surface area contributed by atoms with Crippen molar-refractivity contribution in [2.45, 2.75) is 18.8 Å². The molecule has 3 aromatic rings. The standard InChI is InChI=1S/C20H16N2O5/c23-13-5-3-12(4-6-13)21-19(25)15-10-14-16(22-20(15)26)8-11(9-17(14)24)18-2-1-7-27-18/h1-7,10-11,23H,8-9H2,(H,21,25)(H,22,26)/t11-/m1/s1. The minimum absolute atomic E-state index is 0.0661. The lowest BCUT2D eigenvalue weighted by molar-refractivity contribution is 0.0959. The van der Waals surface area contributed by atoms with Gasteiger partial charge in [0.1, 0.15) is 17.1 Å². The zero-order chi connectivity index (χ0) is 19.0. The van der Waals surface area contributed by atoms with Gasteiger partial charge in [-0.15, -0.1) is 0 Å². The van der Waals surface area contributed by atoms with Gasteiger partial charge in [0.05, 0.1) is 6.26 Å². The highest BCUT2D eigenvalue weighted by atomic mass is 16.3. The number of phenolic OH excluding ortho intramolecular Hbond substituents is 1. The van der Waals surface area contributed by atoms with Crippen LogP contribution in [0.5, 0.6) is 5.75 Å². The molecule has 1 atom stereocenters. The van der Waals surface area contributed by atoms with E-state index >= 15 is 0 Å². The summed E-state index contributed by atoms with van der Waals surface area (Å²) in [5, 5.41) is 11.9. The Bertz CT molecular complexity index is 1060. The molecule has 1 aromatic carbocycles. The molecule has 0 fully saturated rings. The van der Waals surface area contributed by atoms with Gasteiger partial charge in [0.15, 0.2) is 5.78 Å². The van der Waals surface area contributed by atoms with Crippen molar-refractivity contribution in [3.8, 4) is 5.75 Å². The van der Waals surface area contributed by atoms with Gasteiger partial charge < -0.3 is 19.8 Å². The van der Waals surface area contributed by atoms with Gasteiger partial charge in [-0.1, -0.05) is 0 Å². The van der Waals surface area contributed by atoms with Crippen molar-refractivity contribution in [1.82, 2.24) is 4.98 Å². The summed E-state index contributed by atoms with van der Waals surface area (Å²) < 4.78 is 5.38. The summed E-state index contributed by atoms with van der Waals surface area (Å²) in [5.41, 5.74) is 0.607. The van der Waals surface area contributed by atoms with Gasteiger partial charge in [0.2, 0.25) is 0 Å². The van der Waals surface area contributed by atoms with E-state index in [9.17, 15) is 19.5 Å². The number of fused-ring (bicyclic) bond motifs is 1. The molecule has 0 aliphatic heterocycles. The zero-order valence-corrected chi connectivity index (χ0v) is 14.2. The Morgan fingerprint density at radius 2 is 1.93 bits per heavy atom. The maximum absolute atomic E-state index is 12.5. The molecule has 1 amide bonds. The van der Waals surface area contributed by atoms with Crippen LogP contribution in [0.1, 0.15) is 44.5 Å². The Morgan fingerprint density at radius 3 is 2.63 bits per heavy atom. The molecule has 0 saturated carbocycles. The summed E-state index contributed by atoms with van der Waals surface area (Å²) in [6.07, 6.45) is 2.27. The maximum Gasteiger partial charge on any atom is 0.261 e. The lowest BCUT2D eigenvalue weighted by Gasteiger charge is -2.22. The number of hydrogen-bond acceptors (Lipinski definition) is 5. The Labute approximate surface area is 153 Å². The van der Waals surface area contributed by atoms with Crippen LogP contribution in [0.2, 0.25) is 0 Å². The molecule has 0 spiro atoms. The number of H-pyrrole nitrogens is 1. The number of carbonyl (C=O) groups excluding carboxylic acids is 2. The molecule has 136 valence electrons. The van der Waals surface area contributed by atoms with E-state index in [1.807, 2.05) is 0 Å². The third-order valence-electron chi connectivity index (χ3n) is 4.62. The minimum Gasteiger partial charge on any atom is -0.508 e. The van der Waals surface area contributed by atoms with Gasteiger partial charge in [-0.3, -0.25) is 14.4 Å². The Hall–Kier alpha value is -3.61. The van der Waals surface area contributed by atoms with Gasteiger partial charge in [0, 0.05) is 29.3 Å². The van der Waals surface area contributed by atoms with Crippen molar-refractivity contribution in [2.24, 2.45) is 0 Å². The zero-order valence-electron chi connectivity index (χ0n) is 14.2. The van der Waals surface area contributed by atoms with Gasteiger partial charge in [-0.25, -0.2) is 0 Å².